The number of allylic oxidation sites excluding steroid dienone is 1. The van der Waals surface area contributed by atoms with Crippen molar-refractivity contribution in [3.8, 4) is 0 Å². The summed E-state index contributed by atoms with van der Waals surface area (Å²) in [6, 6.07) is 1.01. The summed E-state index contributed by atoms with van der Waals surface area (Å²) in [4.78, 5) is 24.6. The molecule has 6 heteroatoms. The van der Waals surface area contributed by atoms with Gasteiger partial charge in [-0.2, -0.15) is 0 Å². The molecule has 2 N–H and O–H groups in total. The van der Waals surface area contributed by atoms with Crippen LogP contribution in [0.2, 0.25) is 0 Å². The lowest BCUT2D eigenvalue weighted by Gasteiger charge is -2.16. The highest BCUT2D eigenvalue weighted by atomic mass is 19.1. The Morgan fingerprint density at radius 3 is 2.94 bits per heavy atom. The van der Waals surface area contributed by atoms with E-state index in [-0.39, 0.29) is 12.0 Å². The fourth-order valence-electron chi connectivity index (χ4n) is 2.00. The van der Waals surface area contributed by atoms with Crippen molar-refractivity contribution in [3.63, 3.8) is 0 Å². The Labute approximate surface area is 96.2 Å². The number of nitrogens with zero attached hydrogens (tertiary/aromatic N) is 1. The third kappa shape index (κ3) is 2.36. The van der Waals surface area contributed by atoms with Crippen LogP contribution in [0.25, 0.3) is 0 Å². The van der Waals surface area contributed by atoms with E-state index >= 15 is 0 Å². The van der Waals surface area contributed by atoms with E-state index in [9.17, 15) is 19.1 Å². The minimum Gasteiger partial charge on any atom is -0.390 e. The number of rotatable bonds is 3. The summed E-state index contributed by atoms with van der Waals surface area (Å²) in [6.07, 6.45) is 4.27. The molecule has 92 valence electrons. The van der Waals surface area contributed by atoms with Gasteiger partial charge in [0.1, 0.15) is 6.67 Å². The molecule has 1 aliphatic carbocycles. The second-order valence-corrected chi connectivity index (χ2v) is 4.09. The first-order valence-electron chi connectivity index (χ1n) is 5.35. The van der Waals surface area contributed by atoms with Gasteiger partial charge in [-0.25, -0.2) is 9.18 Å². The standard InChI is InChI=1S/C11H13FN2O3/c12-6-9(15)7-1-2-8(5-7)14-4-3-10(16)13-11(14)17/h1-4,7-9,15H,5-6H2,(H,13,16,17)/t7-,8+,9?/m1/s1. The zero-order chi connectivity index (χ0) is 12.4. The average molecular weight is 240 g/mol. The molecule has 0 amide bonds. The van der Waals surface area contributed by atoms with E-state index < -0.39 is 24.0 Å². The summed E-state index contributed by atoms with van der Waals surface area (Å²) < 4.78 is 13.7. The van der Waals surface area contributed by atoms with Gasteiger partial charge in [-0.1, -0.05) is 12.2 Å². The van der Waals surface area contributed by atoms with Crippen LogP contribution in [0.4, 0.5) is 4.39 Å². The molecule has 0 aliphatic heterocycles. The molecule has 17 heavy (non-hydrogen) atoms. The molecular weight excluding hydrogens is 227 g/mol. The Hall–Kier alpha value is -1.69. The fourth-order valence-corrected chi connectivity index (χ4v) is 2.00. The number of halogens is 1. The smallest absolute Gasteiger partial charge is 0.328 e. The van der Waals surface area contributed by atoms with Crippen molar-refractivity contribution in [2.75, 3.05) is 6.67 Å². The van der Waals surface area contributed by atoms with Crippen LogP contribution in [0.15, 0.2) is 34.0 Å². The Kier molecular flexibility index (Phi) is 3.23. The zero-order valence-corrected chi connectivity index (χ0v) is 9.04. The minimum atomic E-state index is -1.03. The van der Waals surface area contributed by atoms with Gasteiger partial charge in [0.25, 0.3) is 5.56 Å². The first kappa shape index (κ1) is 11.8. The normalized spacial score (nSPS) is 25.1. The number of H-pyrrole nitrogens is 1. The number of aliphatic hydroxyl groups excluding tert-OH is 1. The van der Waals surface area contributed by atoms with Gasteiger partial charge in [-0.05, 0) is 6.42 Å². The van der Waals surface area contributed by atoms with Crippen molar-refractivity contribution in [2.24, 2.45) is 5.92 Å². The third-order valence-electron chi connectivity index (χ3n) is 2.95. The molecule has 1 aromatic heterocycles. The van der Waals surface area contributed by atoms with E-state index in [0.29, 0.717) is 6.42 Å². The first-order chi connectivity index (χ1) is 8.11. The van der Waals surface area contributed by atoms with Crippen LogP contribution in [-0.4, -0.2) is 27.4 Å². The largest absolute Gasteiger partial charge is 0.390 e. The molecule has 0 radical (unpaired) electrons. The minimum absolute atomic E-state index is 0.245. The second kappa shape index (κ2) is 4.67. The van der Waals surface area contributed by atoms with Gasteiger partial charge in [-0.15, -0.1) is 0 Å². The molecular formula is C11H13FN2O3. The van der Waals surface area contributed by atoms with Crippen LogP contribution >= 0.6 is 0 Å². The number of alkyl halides is 1. The summed E-state index contributed by atoms with van der Waals surface area (Å²) in [5.41, 5.74) is -0.948. The topological polar surface area (TPSA) is 75.1 Å². The van der Waals surface area contributed by atoms with E-state index in [0.717, 1.165) is 0 Å². The third-order valence-corrected chi connectivity index (χ3v) is 2.95. The van der Waals surface area contributed by atoms with Gasteiger partial charge in [0, 0.05) is 18.2 Å². The maximum atomic E-state index is 12.3. The molecule has 2 rings (SSSR count). The van der Waals surface area contributed by atoms with Crippen molar-refractivity contribution >= 4 is 0 Å². The molecule has 0 aromatic carbocycles. The van der Waals surface area contributed by atoms with E-state index in [1.807, 2.05) is 0 Å². The molecule has 3 atom stereocenters. The average Bonchev–Trinajstić information content (AvgIpc) is 2.77. The number of hydrogen-bond donors (Lipinski definition) is 2. The van der Waals surface area contributed by atoms with Crippen LogP contribution in [-0.2, 0) is 0 Å². The lowest BCUT2D eigenvalue weighted by atomic mass is 10.0. The molecule has 5 nitrogen and oxygen atoms in total. The second-order valence-electron chi connectivity index (χ2n) is 4.09. The van der Waals surface area contributed by atoms with Gasteiger partial charge in [0.15, 0.2) is 0 Å². The number of aromatic nitrogens is 2. The molecule has 0 spiro atoms. The predicted molar refractivity (Wildman–Crippen MR) is 59.6 cm³/mol. The highest BCUT2D eigenvalue weighted by Gasteiger charge is 2.26. The van der Waals surface area contributed by atoms with Crippen molar-refractivity contribution in [1.82, 2.24) is 9.55 Å². The van der Waals surface area contributed by atoms with E-state index in [2.05, 4.69) is 4.98 Å². The first-order valence-corrected chi connectivity index (χ1v) is 5.35. The van der Waals surface area contributed by atoms with Gasteiger partial charge in [0.2, 0.25) is 0 Å². The van der Waals surface area contributed by atoms with Gasteiger partial charge >= 0.3 is 5.69 Å². The Morgan fingerprint density at radius 2 is 2.29 bits per heavy atom. The quantitative estimate of drug-likeness (QED) is 0.729. The molecule has 0 bridgehead atoms. The number of aliphatic hydroxyl groups is 1. The van der Waals surface area contributed by atoms with E-state index in [1.54, 1.807) is 12.2 Å². The summed E-state index contributed by atoms with van der Waals surface area (Å²) in [5, 5.41) is 9.36. The van der Waals surface area contributed by atoms with Gasteiger partial charge < -0.3 is 5.11 Å². The summed E-state index contributed by atoms with van der Waals surface area (Å²) in [7, 11) is 0. The molecule has 0 fully saturated rings. The summed E-state index contributed by atoms with van der Waals surface area (Å²) >= 11 is 0. The van der Waals surface area contributed by atoms with Crippen LogP contribution < -0.4 is 11.2 Å². The van der Waals surface area contributed by atoms with Crippen LogP contribution in [0.5, 0.6) is 0 Å². The Balaban J connectivity index is 2.19. The number of hydrogen-bond acceptors (Lipinski definition) is 3. The predicted octanol–water partition coefficient (Wildman–Crippen LogP) is -0.0158. The zero-order valence-electron chi connectivity index (χ0n) is 9.04. The highest BCUT2D eigenvalue weighted by molar-refractivity contribution is 5.07. The van der Waals surface area contributed by atoms with Crippen LogP contribution in [0.3, 0.4) is 0 Å². The maximum absolute atomic E-state index is 12.3. The van der Waals surface area contributed by atoms with Gasteiger partial charge in [-0.3, -0.25) is 14.3 Å². The molecule has 0 saturated heterocycles. The summed E-state index contributed by atoms with van der Waals surface area (Å²) in [6.45, 7) is -0.803. The van der Waals surface area contributed by atoms with E-state index in [1.165, 1.54) is 16.8 Å². The molecule has 1 unspecified atom stereocenters. The highest BCUT2D eigenvalue weighted by Crippen LogP contribution is 2.28. The van der Waals surface area contributed by atoms with Crippen molar-refractivity contribution < 1.29 is 9.50 Å². The molecule has 1 aliphatic rings. The van der Waals surface area contributed by atoms with E-state index in [4.69, 9.17) is 0 Å². The Bertz CT molecular complexity index is 534. The van der Waals surface area contributed by atoms with Crippen molar-refractivity contribution in [2.45, 2.75) is 18.6 Å². The maximum Gasteiger partial charge on any atom is 0.328 e. The van der Waals surface area contributed by atoms with Gasteiger partial charge in [0.05, 0.1) is 12.1 Å². The number of aromatic amines is 1. The van der Waals surface area contributed by atoms with Crippen molar-refractivity contribution in [3.05, 3.63) is 45.3 Å². The monoisotopic (exact) mass is 240 g/mol. The lowest BCUT2D eigenvalue weighted by molar-refractivity contribution is 0.0963. The van der Waals surface area contributed by atoms with Crippen LogP contribution in [0, 0.1) is 5.92 Å². The molecule has 0 saturated carbocycles. The fraction of sp³-hybridized carbons (Fsp3) is 0.455. The number of nitrogens with one attached hydrogen (secondary N) is 1. The lowest BCUT2D eigenvalue weighted by Crippen LogP contribution is -2.31. The Morgan fingerprint density at radius 1 is 1.53 bits per heavy atom. The molecule has 1 aromatic rings. The van der Waals surface area contributed by atoms with Crippen molar-refractivity contribution in [1.29, 1.82) is 0 Å². The molecule has 1 heterocycles. The van der Waals surface area contributed by atoms with Crippen LogP contribution in [0.1, 0.15) is 12.5 Å². The SMILES string of the molecule is O=c1ccn([C@H]2C=C[C@@H](C(O)CF)C2)c(=O)[nH]1. The summed E-state index contributed by atoms with van der Waals surface area (Å²) in [5.74, 6) is -0.288.